The standard InChI is InChI=1S/C10H21N3O/c1-7-3-8(7)6-13-9(5-11)4-10(14)12-2/h7-9,13H,3-6,11H2,1-2H3,(H,12,14). The number of nitrogens with two attached hydrogens (primary N) is 1. The highest BCUT2D eigenvalue weighted by atomic mass is 16.1. The second-order valence-corrected chi connectivity index (χ2v) is 4.19. The number of rotatable bonds is 6. The lowest BCUT2D eigenvalue weighted by Crippen LogP contribution is -2.41. The Morgan fingerprint density at radius 2 is 2.29 bits per heavy atom. The summed E-state index contributed by atoms with van der Waals surface area (Å²) in [5, 5.41) is 5.95. The van der Waals surface area contributed by atoms with Crippen molar-refractivity contribution >= 4 is 5.91 Å². The molecule has 1 fully saturated rings. The number of nitrogens with one attached hydrogen (secondary N) is 2. The van der Waals surface area contributed by atoms with Gasteiger partial charge in [-0.05, 0) is 24.8 Å². The second-order valence-electron chi connectivity index (χ2n) is 4.19. The summed E-state index contributed by atoms with van der Waals surface area (Å²) in [6.45, 7) is 3.77. The van der Waals surface area contributed by atoms with Gasteiger partial charge in [-0.1, -0.05) is 6.92 Å². The minimum atomic E-state index is 0.0526. The van der Waals surface area contributed by atoms with Crippen molar-refractivity contribution in [2.24, 2.45) is 17.6 Å². The van der Waals surface area contributed by atoms with Crippen molar-refractivity contribution in [3.8, 4) is 0 Å². The molecule has 0 saturated heterocycles. The fourth-order valence-corrected chi connectivity index (χ4v) is 1.57. The van der Waals surface area contributed by atoms with Crippen molar-refractivity contribution in [1.29, 1.82) is 0 Å². The smallest absolute Gasteiger partial charge is 0.221 e. The van der Waals surface area contributed by atoms with Gasteiger partial charge in [0.15, 0.2) is 0 Å². The SMILES string of the molecule is CNC(=O)CC(CN)NCC1CC1C. The first-order chi connectivity index (χ1) is 6.67. The summed E-state index contributed by atoms with van der Waals surface area (Å²) in [6.07, 6.45) is 1.79. The van der Waals surface area contributed by atoms with E-state index in [-0.39, 0.29) is 11.9 Å². The Labute approximate surface area is 85.6 Å². The second kappa shape index (κ2) is 5.32. The number of hydrogen-bond donors (Lipinski definition) is 3. The highest BCUT2D eigenvalue weighted by Gasteiger charge is 2.32. The van der Waals surface area contributed by atoms with Gasteiger partial charge in [-0.15, -0.1) is 0 Å². The van der Waals surface area contributed by atoms with E-state index in [0.29, 0.717) is 13.0 Å². The van der Waals surface area contributed by atoms with Crippen molar-refractivity contribution < 1.29 is 4.79 Å². The van der Waals surface area contributed by atoms with Gasteiger partial charge in [-0.3, -0.25) is 4.79 Å². The van der Waals surface area contributed by atoms with Gasteiger partial charge in [0.1, 0.15) is 0 Å². The summed E-state index contributed by atoms with van der Waals surface area (Å²) in [5.41, 5.74) is 5.57. The average Bonchev–Trinajstić information content (AvgIpc) is 2.88. The molecule has 1 rings (SSSR count). The fraction of sp³-hybridized carbons (Fsp3) is 0.900. The van der Waals surface area contributed by atoms with Gasteiger partial charge in [-0.2, -0.15) is 0 Å². The first-order valence-corrected chi connectivity index (χ1v) is 5.31. The normalized spacial score (nSPS) is 27.1. The number of carbonyl (C=O) groups excluding carboxylic acids is 1. The van der Waals surface area contributed by atoms with E-state index in [2.05, 4.69) is 17.6 Å². The van der Waals surface area contributed by atoms with Gasteiger partial charge in [0, 0.05) is 26.1 Å². The number of hydrogen-bond acceptors (Lipinski definition) is 3. The van der Waals surface area contributed by atoms with Crippen LogP contribution in [0.25, 0.3) is 0 Å². The van der Waals surface area contributed by atoms with Crippen molar-refractivity contribution in [2.45, 2.75) is 25.8 Å². The Balaban J connectivity index is 2.14. The van der Waals surface area contributed by atoms with E-state index in [9.17, 15) is 4.79 Å². The molecule has 1 aliphatic rings. The molecule has 4 heteroatoms. The molecule has 0 spiro atoms. The summed E-state index contributed by atoms with van der Waals surface area (Å²) >= 11 is 0. The van der Waals surface area contributed by atoms with Crippen LogP contribution in [0.3, 0.4) is 0 Å². The Hall–Kier alpha value is -0.610. The molecule has 0 aliphatic heterocycles. The van der Waals surface area contributed by atoms with Crippen LogP contribution in [0.2, 0.25) is 0 Å². The average molecular weight is 199 g/mol. The minimum absolute atomic E-state index is 0.0526. The molecule has 1 saturated carbocycles. The van der Waals surface area contributed by atoms with Crippen LogP contribution in [-0.4, -0.2) is 32.1 Å². The molecule has 1 aliphatic carbocycles. The fourth-order valence-electron chi connectivity index (χ4n) is 1.57. The van der Waals surface area contributed by atoms with E-state index in [1.165, 1.54) is 6.42 Å². The maximum atomic E-state index is 11.1. The van der Waals surface area contributed by atoms with E-state index in [0.717, 1.165) is 18.4 Å². The van der Waals surface area contributed by atoms with Crippen molar-refractivity contribution in [3.63, 3.8) is 0 Å². The van der Waals surface area contributed by atoms with Crippen LogP contribution in [0.5, 0.6) is 0 Å². The molecule has 1 amide bonds. The third kappa shape index (κ3) is 3.64. The summed E-state index contributed by atoms with van der Waals surface area (Å²) in [7, 11) is 1.65. The first kappa shape index (κ1) is 11.5. The van der Waals surface area contributed by atoms with Crippen LogP contribution < -0.4 is 16.4 Å². The van der Waals surface area contributed by atoms with Gasteiger partial charge in [0.25, 0.3) is 0 Å². The molecule has 0 aromatic rings. The van der Waals surface area contributed by atoms with Crippen LogP contribution in [0.1, 0.15) is 19.8 Å². The Morgan fingerprint density at radius 1 is 1.64 bits per heavy atom. The lowest BCUT2D eigenvalue weighted by molar-refractivity contribution is -0.121. The highest BCUT2D eigenvalue weighted by Crippen LogP contribution is 2.36. The van der Waals surface area contributed by atoms with E-state index in [1.54, 1.807) is 7.05 Å². The topological polar surface area (TPSA) is 67.2 Å². The zero-order valence-electron chi connectivity index (χ0n) is 9.05. The molecular formula is C10H21N3O. The van der Waals surface area contributed by atoms with Crippen LogP contribution in [0.15, 0.2) is 0 Å². The van der Waals surface area contributed by atoms with E-state index >= 15 is 0 Å². The molecule has 4 N–H and O–H groups in total. The molecule has 14 heavy (non-hydrogen) atoms. The molecule has 4 nitrogen and oxygen atoms in total. The molecule has 0 heterocycles. The van der Waals surface area contributed by atoms with Crippen molar-refractivity contribution in [1.82, 2.24) is 10.6 Å². The van der Waals surface area contributed by atoms with Crippen molar-refractivity contribution in [2.75, 3.05) is 20.1 Å². The molecule has 3 unspecified atom stereocenters. The predicted molar refractivity (Wildman–Crippen MR) is 56.8 cm³/mol. The summed E-state index contributed by atoms with van der Waals surface area (Å²) in [5.74, 6) is 1.70. The highest BCUT2D eigenvalue weighted by molar-refractivity contribution is 5.76. The van der Waals surface area contributed by atoms with Crippen LogP contribution in [0, 0.1) is 11.8 Å². The molecule has 0 aromatic carbocycles. The van der Waals surface area contributed by atoms with Crippen LogP contribution >= 0.6 is 0 Å². The van der Waals surface area contributed by atoms with Gasteiger partial charge in [0.2, 0.25) is 5.91 Å². The lowest BCUT2D eigenvalue weighted by atomic mass is 10.2. The Kier molecular flexibility index (Phi) is 4.35. The zero-order valence-corrected chi connectivity index (χ0v) is 9.05. The van der Waals surface area contributed by atoms with Gasteiger partial charge in [-0.25, -0.2) is 0 Å². The van der Waals surface area contributed by atoms with E-state index in [1.807, 2.05) is 0 Å². The maximum Gasteiger partial charge on any atom is 0.221 e. The van der Waals surface area contributed by atoms with Crippen molar-refractivity contribution in [3.05, 3.63) is 0 Å². The van der Waals surface area contributed by atoms with Crippen LogP contribution in [-0.2, 0) is 4.79 Å². The molecule has 0 radical (unpaired) electrons. The quantitative estimate of drug-likeness (QED) is 0.550. The third-order valence-electron chi connectivity index (χ3n) is 2.94. The molecule has 0 bridgehead atoms. The zero-order chi connectivity index (χ0) is 10.6. The Bertz CT molecular complexity index is 196. The van der Waals surface area contributed by atoms with Gasteiger partial charge in [0.05, 0.1) is 0 Å². The monoisotopic (exact) mass is 199 g/mol. The van der Waals surface area contributed by atoms with Crippen LogP contribution in [0.4, 0.5) is 0 Å². The summed E-state index contributed by atoms with van der Waals surface area (Å²) < 4.78 is 0. The molecular weight excluding hydrogens is 178 g/mol. The van der Waals surface area contributed by atoms with E-state index in [4.69, 9.17) is 5.73 Å². The maximum absolute atomic E-state index is 11.1. The summed E-state index contributed by atoms with van der Waals surface area (Å²) in [4.78, 5) is 11.1. The number of amides is 1. The molecule has 82 valence electrons. The van der Waals surface area contributed by atoms with Gasteiger partial charge < -0.3 is 16.4 Å². The first-order valence-electron chi connectivity index (χ1n) is 5.31. The number of carbonyl (C=O) groups is 1. The molecule has 3 atom stereocenters. The summed E-state index contributed by atoms with van der Waals surface area (Å²) in [6, 6.07) is 0.128. The lowest BCUT2D eigenvalue weighted by Gasteiger charge is -2.15. The third-order valence-corrected chi connectivity index (χ3v) is 2.94. The largest absolute Gasteiger partial charge is 0.359 e. The minimum Gasteiger partial charge on any atom is -0.359 e. The van der Waals surface area contributed by atoms with E-state index < -0.39 is 0 Å². The van der Waals surface area contributed by atoms with Gasteiger partial charge >= 0.3 is 0 Å². The Morgan fingerprint density at radius 3 is 2.71 bits per heavy atom. The molecule has 0 aromatic heterocycles. The predicted octanol–water partition coefficient (Wildman–Crippen LogP) is -0.305.